The van der Waals surface area contributed by atoms with Gasteiger partial charge in [0, 0.05) is 35.5 Å². The fraction of sp³-hybridized carbons (Fsp3) is 0.241. The number of nitrogens with one attached hydrogen (secondary N) is 1. The highest BCUT2D eigenvalue weighted by molar-refractivity contribution is 5.86. The molecule has 0 unspecified atom stereocenters. The van der Waals surface area contributed by atoms with Gasteiger partial charge in [0.15, 0.2) is 0 Å². The van der Waals surface area contributed by atoms with Crippen LogP contribution in [0.2, 0.25) is 0 Å². The molecule has 176 valence electrons. The molecule has 1 saturated carbocycles. The Labute approximate surface area is 203 Å². The molecule has 2 N–H and O–H groups in total. The molecule has 0 saturated heterocycles. The van der Waals surface area contributed by atoms with Crippen molar-refractivity contribution in [1.29, 1.82) is 0 Å². The molecule has 0 radical (unpaired) electrons. The summed E-state index contributed by atoms with van der Waals surface area (Å²) in [5, 5.41) is 13.5. The Balaban J connectivity index is 1.17. The highest BCUT2D eigenvalue weighted by Crippen LogP contribution is 2.44. The predicted molar refractivity (Wildman–Crippen MR) is 134 cm³/mol. The van der Waals surface area contributed by atoms with Gasteiger partial charge in [0.25, 0.3) is 0 Å². The first-order chi connectivity index (χ1) is 17.1. The Bertz CT molecular complexity index is 1390. The lowest BCUT2D eigenvalue weighted by molar-refractivity contribution is -0.139. The molecule has 1 aromatic heterocycles. The minimum Gasteiger partial charge on any atom is -0.480 e. The van der Waals surface area contributed by atoms with Gasteiger partial charge in [-0.25, -0.2) is 9.59 Å². The molecule has 6 rings (SSSR count). The lowest BCUT2D eigenvalue weighted by Gasteiger charge is -2.17. The minimum atomic E-state index is -1.08. The van der Waals surface area contributed by atoms with Gasteiger partial charge in [-0.15, -0.1) is 0 Å². The van der Waals surface area contributed by atoms with Crippen molar-refractivity contribution in [3.05, 3.63) is 95.7 Å². The number of hydrogen-bond donors (Lipinski definition) is 2. The number of nitrogens with zero attached hydrogens (tertiary/aromatic N) is 1. The van der Waals surface area contributed by atoms with E-state index in [2.05, 4.69) is 40.2 Å². The van der Waals surface area contributed by atoms with Gasteiger partial charge in [0.1, 0.15) is 12.6 Å². The maximum atomic E-state index is 12.7. The summed E-state index contributed by atoms with van der Waals surface area (Å²) < 4.78 is 7.81. The first-order valence-corrected chi connectivity index (χ1v) is 12.0. The molecular weight excluding hydrogens is 440 g/mol. The zero-order valence-corrected chi connectivity index (χ0v) is 19.2. The van der Waals surface area contributed by atoms with Gasteiger partial charge in [-0.3, -0.25) is 0 Å². The molecule has 2 aliphatic rings. The number of rotatable bonds is 7. The molecule has 6 nitrogen and oxygen atoms in total. The van der Waals surface area contributed by atoms with E-state index in [4.69, 9.17) is 4.74 Å². The number of benzene rings is 3. The van der Waals surface area contributed by atoms with Gasteiger partial charge in [0.2, 0.25) is 0 Å². The lowest BCUT2D eigenvalue weighted by atomic mass is 9.98. The van der Waals surface area contributed by atoms with Crippen molar-refractivity contribution in [1.82, 2.24) is 9.88 Å². The van der Waals surface area contributed by atoms with Crippen LogP contribution in [0.25, 0.3) is 22.0 Å². The highest BCUT2D eigenvalue weighted by atomic mass is 16.5. The number of carboxylic acids is 1. The number of carbonyl (C=O) groups is 2. The van der Waals surface area contributed by atoms with Crippen LogP contribution in [0.15, 0.2) is 79.0 Å². The van der Waals surface area contributed by atoms with Crippen molar-refractivity contribution < 1.29 is 19.4 Å². The predicted octanol–water partition coefficient (Wildman–Crippen LogP) is 5.51. The standard InChI is InChI=1S/C29H26N2O4/c32-28(33)26(15-18-16-31(19-13-14-19)27-12-6-5-7-20(18)27)30-29(34)35-17-25-23-10-3-1-8-21(23)22-9-2-4-11-24(22)25/h1-12,16,19,25-26H,13-15,17H2,(H,30,34)(H,32,33)/t26-/m0/s1. The number of aromatic nitrogens is 1. The quantitative estimate of drug-likeness (QED) is 0.376. The smallest absolute Gasteiger partial charge is 0.407 e. The third kappa shape index (κ3) is 3.95. The van der Waals surface area contributed by atoms with Crippen LogP contribution in [0, 0.1) is 0 Å². The Morgan fingerprint density at radius 3 is 2.23 bits per heavy atom. The second kappa shape index (κ2) is 8.62. The third-order valence-electron chi connectivity index (χ3n) is 7.12. The van der Waals surface area contributed by atoms with Gasteiger partial charge in [-0.05, 0) is 46.7 Å². The van der Waals surface area contributed by atoms with E-state index in [0.717, 1.165) is 51.6 Å². The fourth-order valence-electron chi connectivity index (χ4n) is 5.30. The van der Waals surface area contributed by atoms with Gasteiger partial charge in [-0.1, -0.05) is 66.7 Å². The van der Waals surface area contributed by atoms with E-state index in [1.165, 1.54) is 0 Å². The SMILES string of the molecule is O=C(N[C@@H](Cc1cn(C2CC2)c2ccccc12)C(=O)O)OCC1c2ccccc2-c2ccccc21. The molecule has 0 spiro atoms. The van der Waals surface area contributed by atoms with Crippen LogP contribution < -0.4 is 5.32 Å². The van der Waals surface area contributed by atoms with Crippen molar-refractivity contribution >= 4 is 23.0 Å². The van der Waals surface area contributed by atoms with E-state index in [1.807, 2.05) is 48.7 Å². The monoisotopic (exact) mass is 466 g/mol. The molecule has 1 heterocycles. The summed E-state index contributed by atoms with van der Waals surface area (Å²) in [4.78, 5) is 24.8. The second-order valence-corrected chi connectivity index (χ2v) is 9.37. The maximum absolute atomic E-state index is 12.7. The number of ether oxygens (including phenoxy) is 1. The summed E-state index contributed by atoms with van der Waals surface area (Å²) in [5.41, 5.74) is 6.54. The highest BCUT2D eigenvalue weighted by Gasteiger charge is 2.31. The number of fused-ring (bicyclic) bond motifs is 4. The van der Waals surface area contributed by atoms with Crippen LogP contribution in [0.5, 0.6) is 0 Å². The van der Waals surface area contributed by atoms with Crippen molar-refractivity contribution in [3.8, 4) is 11.1 Å². The topological polar surface area (TPSA) is 80.6 Å². The third-order valence-corrected chi connectivity index (χ3v) is 7.12. The summed E-state index contributed by atoms with van der Waals surface area (Å²) in [6, 6.07) is 23.6. The first-order valence-electron chi connectivity index (χ1n) is 12.0. The molecule has 1 fully saturated rings. The summed E-state index contributed by atoms with van der Waals surface area (Å²) >= 11 is 0. The van der Waals surface area contributed by atoms with Crippen LogP contribution in [0.3, 0.4) is 0 Å². The second-order valence-electron chi connectivity index (χ2n) is 9.37. The molecule has 2 aliphatic carbocycles. The van der Waals surface area contributed by atoms with Crippen LogP contribution >= 0.6 is 0 Å². The van der Waals surface area contributed by atoms with E-state index in [-0.39, 0.29) is 18.9 Å². The molecule has 0 bridgehead atoms. The molecule has 1 amide bonds. The van der Waals surface area contributed by atoms with Crippen LogP contribution in [-0.2, 0) is 16.0 Å². The van der Waals surface area contributed by atoms with Crippen molar-refractivity contribution in [3.63, 3.8) is 0 Å². The zero-order valence-electron chi connectivity index (χ0n) is 19.2. The number of carbonyl (C=O) groups excluding carboxylic acids is 1. The molecule has 1 atom stereocenters. The Morgan fingerprint density at radius 2 is 1.57 bits per heavy atom. The Hall–Kier alpha value is -4.06. The molecular formula is C29H26N2O4. The van der Waals surface area contributed by atoms with Crippen LogP contribution in [0.4, 0.5) is 4.79 Å². The molecule has 35 heavy (non-hydrogen) atoms. The summed E-state index contributed by atoms with van der Waals surface area (Å²) in [5.74, 6) is -1.16. The van der Waals surface area contributed by atoms with E-state index >= 15 is 0 Å². The van der Waals surface area contributed by atoms with Gasteiger partial charge < -0.3 is 19.7 Å². The largest absolute Gasteiger partial charge is 0.480 e. The molecule has 3 aromatic carbocycles. The van der Waals surface area contributed by atoms with E-state index in [0.29, 0.717) is 6.04 Å². The summed E-state index contributed by atoms with van der Waals surface area (Å²) in [6.07, 6.45) is 3.79. The Kier molecular flexibility index (Phi) is 5.29. The molecule has 4 aromatic rings. The van der Waals surface area contributed by atoms with E-state index in [1.54, 1.807) is 0 Å². The number of amides is 1. The van der Waals surface area contributed by atoms with Crippen molar-refractivity contribution in [2.45, 2.75) is 37.3 Å². The van der Waals surface area contributed by atoms with E-state index in [9.17, 15) is 14.7 Å². The zero-order chi connectivity index (χ0) is 23.9. The van der Waals surface area contributed by atoms with Crippen molar-refractivity contribution in [2.75, 3.05) is 6.61 Å². The average molecular weight is 467 g/mol. The maximum Gasteiger partial charge on any atom is 0.407 e. The molecule has 6 heteroatoms. The fourth-order valence-corrected chi connectivity index (χ4v) is 5.30. The van der Waals surface area contributed by atoms with Crippen LogP contribution in [0.1, 0.15) is 41.5 Å². The average Bonchev–Trinajstić information content (AvgIpc) is 3.59. The number of para-hydroxylation sites is 1. The molecule has 0 aliphatic heterocycles. The lowest BCUT2D eigenvalue weighted by Crippen LogP contribution is -2.42. The first kappa shape index (κ1) is 21.5. The number of alkyl carbamates (subject to hydrolysis) is 1. The van der Waals surface area contributed by atoms with Gasteiger partial charge in [0.05, 0.1) is 0 Å². The van der Waals surface area contributed by atoms with Gasteiger partial charge in [-0.2, -0.15) is 0 Å². The van der Waals surface area contributed by atoms with E-state index < -0.39 is 18.1 Å². The summed E-state index contributed by atoms with van der Waals surface area (Å²) in [6.45, 7) is 0.146. The van der Waals surface area contributed by atoms with Crippen molar-refractivity contribution in [2.24, 2.45) is 0 Å². The van der Waals surface area contributed by atoms with Gasteiger partial charge >= 0.3 is 12.1 Å². The number of hydrogen-bond acceptors (Lipinski definition) is 3. The number of aliphatic carboxylic acids is 1. The number of carboxylic acid groups (broad SMARTS) is 1. The minimum absolute atomic E-state index is 0.0760. The Morgan fingerprint density at radius 1 is 0.943 bits per heavy atom. The summed E-state index contributed by atoms with van der Waals surface area (Å²) in [7, 11) is 0. The normalized spacial score (nSPS) is 15.4. The van der Waals surface area contributed by atoms with Crippen LogP contribution in [-0.4, -0.2) is 34.4 Å².